The van der Waals surface area contributed by atoms with E-state index in [-0.39, 0.29) is 18.9 Å². The van der Waals surface area contributed by atoms with Gasteiger partial charge in [-0.15, -0.1) is 0 Å². The lowest BCUT2D eigenvalue weighted by atomic mass is 9.90. The summed E-state index contributed by atoms with van der Waals surface area (Å²) in [7, 11) is 0. The molecule has 1 aliphatic heterocycles. The van der Waals surface area contributed by atoms with Crippen molar-refractivity contribution in [3.63, 3.8) is 0 Å². The van der Waals surface area contributed by atoms with Crippen LogP contribution in [-0.4, -0.2) is 19.5 Å². The standard InChI is InChI=1S/C13H16F3NO2/c1-3-6-17-12(2,13(14,15)16)9-4-5-10-11(7-9)19-8-18-10/h4-5,7,17H,3,6,8H2,1-2H3. The van der Waals surface area contributed by atoms with Crippen LogP contribution in [0, 0.1) is 0 Å². The van der Waals surface area contributed by atoms with E-state index in [1.807, 2.05) is 6.92 Å². The second-order valence-corrected chi connectivity index (χ2v) is 4.62. The molecule has 0 aliphatic carbocycles. The summed E-state index contributed by atoms with van der Waals surface area (Å²) in [6.07, 6.45) is -3.77. The molecule has 1 atom stereocenters. The molecule has 1 N–H and O–H groups in total. The third-order valence-corrected chi connectivity index (χ3v) is 3.25. The second-order valence-electron chi connectivity index (χ2n) is 4.62. The van der Waals surface area contributed by atoms with Crippen LogP contribution in [0.2, 0.25) is 0 Å². The van der Waals surface area contributed by atoms with E-state index in [0.29, 0.717) is 17.9 Å². The Morgan fingerprint density at radius 1 is 1.21 bits per heavy atom. The SMILES string of the molecule is CCCNC(C)(c1ccc2c(c1)OCO2)C(F)(F)F. The number of fused-ring (bicyclic) bond motifs is 1. The maximum absolute atomic E-state index is 13.3. The molecule has 0 saturated carbocycles. The highest BCUT2D eigenvalue weighted by molar-refractivity contribution is 5.46. The summed E-state index contributed by atoms with van der Waals surface area (Å²) in [6, 6.07) is 4.32. The average molecular weight is 275 g/mol. The highest BCUT2D eigenvalue weighted by Crippen LogP contribution is 2.42. The van der Waals surface area contributed by atoms with Crippen molar-refractivity contribution in [2.75, 3.05) is 13.3 Å². The molecule has 1 aromatic carbocycles. The molecule has 0 bridgehead atoms. The van der Waals surface area contributed by atoms with Crippen LogP contribution in [0.3, 0.4) is 0 Å². The van der Waals surface area contributed by atoms with Gasteiger partial charge in [-0.2, -0.15) is 13.2 Å². The van der Waals surface area contributed by atoms with Gasteiger partial charge in [-0.3, -0.25) is 0 Å². The number of hydrogen-bond acceptors (Lipinski definition) is 3. The number of halogens is 3. The zero-order valence-corrected chi connectivity index (χ0v) is 10.8. The van der Waals surface area contributed by atoms with Crippen molar-refractivity contribution < 1.29 is 22.6 Å². The topological polar surface area (TPSA) is 30.5 Å². The molecule has 0 aromatic heterocycles. The van der Waals surface area contributed by atoms with Gasteiger partial charge in [0, 0.05) is 0 Å². The van der Waals surface area contributed by atoms with Crippen LogP contribution in [0.1, 0.15) is 25.8 Å². The quantitative estimate of drug-likeness (QED) is 0.915. The number of hydrogen-bond donors (Lipinski definition) is 1. The van der Waals surface area contributed by atoms with Crippen LogP contribution < -0.4 is 14.8 Å². The molecule has 3 nitrogen and oxygen atoms in total. The summed E-state index contributed by atoms with van der Waals surface area (Å²) in [4.78, 5) is 0. The monoisotopic (exact) mass is 275 g/mol. The maximum Gasteiger partial charge on any atom is 0.410 e. The third kappa shape index (κ3) is 2.49. The lowest BCUT2D eigenvalue weighted by Gasteiger charge is -2.33. The largest absolute Gasteiger partial charge is 0.454 e. The van der Waals surface area contributed by atoms with Gasteiger partial charge < -0.3 is 14.8 Å². The Morgan fingerprint density at radius 2 is 1.89 bits per heavy atom. The first-order valence-electron chi connectivity index (χ1n) is 6.10. The molecule has 19 heavy (non-hydrogen) atoms. The first kappa shape index (κ1) is 14.0. The third-order valence-electron chi connectivity index (χ3n) is 3.25. The fourth-order valence-electron chi connectivity index (χ4n) is 1.95. The minimum absolute atomic E-state index is 0.0455. The molecule has 0 fully saturated rings. The fraction of sp³-hybridized carbons (Fsp3) is 0.538. The zero-order valence-electron chi connectivity index (χ0n) is 10.8. The van der Waals surface area contributed by atoms with E-state index in [2.05, 4.69) is 5.32 Å². The summed E-state index contributed by atoms with van der Waals surface area (Å²) >= 11 is 0. The molecule has 6 heteroatoms. The second kappa shape index (κ2) is 4.92. The van der Waals surface area contributed by atoms with Gasteiger partial charge >= 0.3 is 6.18 Å². The first-order chi connectivity index (χ1) is 8.88. The Hall–Kier alpha value is -1.43. The molecule has 0 radical (unpaired) electrons. The molecule has 0 spiro atoms. The van der Waals surface area contributed by atoms with Crippen LogP contribution in [0.25, 0.3) is 0 Å². The summed E-state index contributed by atoms with van der Waals surface area (Å²) in [5, 5.41) is 2.57. The normalized spacial score (nSPS) is 17.3. The Labute approximate surface area is 109 Å². The Kier molecular flexibility index (Phi) is 3.62. The van der Waals surface area contributed by atoms with Gasteiger partial charge in [0.05, 0.1) is 0 Å². The van der Waals surface area contributed by atoms with Gasteiger partial charge in [0.15, 0.2) is 11.5 Å². The molecule has 1 aliphatic rings. The van der Waals surface area contributed by atoms with Crippen LogP contribution in [0.5, 0.6) is 11.5 Å². The van der Waals surface area contributed by atoms with Crippen molar-refractivity contribution in [1.29, 1.82) is 0 Å². The minimum Gasteiger partial charge on any atom is -0.454 e. The number of alkyl halides is 3. The van der Waals surface area contributed by atoms with Gasteiger partial charge in [0.25, 0.3) is 0 Å². The fourth-order valence-corrected chi connectivity index (χ4v) is 1.95. The lowest BCUT2D eigenvalue weighted by molar-refractivity contribution is -0.195. The Morgan fingerprint density at radius 3 is 2.53 bits per heavy atom. The van der Waals surface area contributed by atoms with E-state index >= 15 is 0 Å². The van der Waals surface area contributed by atoms with Gasteiger partial charge in [0.2, 0.25) is 6.79 Å². The van der Waals surface area contributed by atoms with Crippen molar-refractivity contribution in [3.05, 3.63) is 23.8 Å². The van der Waals surface area contributed by atoms with Crippen LogP contribution in [0.15, 0.2) is 18.2 Å². The van der Waals surface area contributed by atoms with Gasteiger partial charge in [0.1, 0.15) is 5.54 Å². The maximum atomic E-state index is 13.3. The van der Waals surface area contributed by atoms with Crippen LogP contribution >= 0.6 is 0 Å². The van der Waals surface area contributed by atoms with Gasteiger partial charge in [-0.1, -0.05) is 13.0 Å². The summed E-state index contributed by atoms with van der Waals surface area (Å²) < 4.78 is 50.2. The molecule has 1 unspecified atom stereocenters. The first-order valence-corrected chi connectivity index (χ1v) is 6.10. The molecular formula is C13H16F3NO2. The van der Waals surface area contributed by atoms with Crippen molar-refractivity contribution in [1.82, 2.24) is 5.32 Å². The lowest BCUT2D eigenvalue weighted by Crippen LogP contribution is -2.51. The highest BCUT2D eigenvalue weighted by Gasteiger charge is 2.52. The number of ether oxygens (including phenoxy) is 2. The van der Waals surface area contributed by atoms with Crippen molar-refractivity contribution in [3.8, 4) is 11.5 Å². The number of nitrogens with one attached hydrogen (secondary N) is 1. The van der Waals surface area contributed by atoms with Gasteiger partial charge in [-0.05, 0) is 37.6 Å². The summed E-state index contributed by atoms with van der Waals surface area (Å²) in [5.74, 6) is 0.829. The van der Waals surface area contributed by atoms with Gasteiger partial charge in [-0.25, -0.2) is 0 Å². The zero-order chi connectivity index (χ0) is 14.1. The minimum atomic E-state index is -4.39. The Balaban J connectivity index is 2.38. The Bertz CT molecular complexity index is 462. The molecule has 1 aromatic rings. The highest BCUT2D eigenvalue weighted by atomic mass is 19.4. The van der Waals surface area contributed by atoms with E-state index in [1.54, 1.807) is 0 Å². The van der Waals surface area contributed by atoms with Crippen molar-refractivity contribution >= 4 is 0 Å². The molecule has 0 saturated heterocycles. The average Bonchev–Trinajstić information content (AvgIpc) is 2.81. The van der Waals surface area contributed by atoms with Crippen LogP contribution in [0.4, 0.5) is 13.2 Å². The summed E-state index contributed by atoms with van der Waals surface area (Å²) in [6.45, 7) is 3.29. The predicted octanol–water partition coefficient (Wildman–Crippen LogP) is 3.19. The van der Waals surface area contributed by atoms with E-state index in [0.717, 1.165) is 6.92 Å². The van der Waals surface area contributed by atoms with Crippen molar-refractivity contribution in [2.24, 2.45) is 0 Å². The van der Waals surface area contributed by atoms with E-state index < -0.39 is 11.7 Å². The number of rotatable bonds is 4. The van der Waals surface area contributed by atoms with E-state index in [9.17, 15) is 13.2 Å². The predicted molar refractivity (Wildman–Crippen MR) is 64.3 cm³/mol. The molecule has 0 amide bonds. The van der Waals surface area contributed by atoms with Crippen molar-refractivity contribution in [2.45, 2.75) is 32.0 Å². The smallest absolute Gasteiger partial charge is 0.410 e. The van der Waals surface area contributed by atoms with Crippen LogP contribution in [-0.2, 0) is 5.54 Å². The molecule has 106 valence electrons. The number of benzene rings is 1. The molecular weight excluding hydrogens is 259 g/mol. The van der Waals surface area contributed by atoms with E-state index in [1.165, 1.54) is 18.2 Å². The molecule has 1 heterocycles. The van der Waals surface area contributed by atoms with E-state index in [4.69, 9.17) is 9.47 Å². The summed E-state index contributed by atoms with van der Waals surface area (Å²) in [5.41, 5.74) is -1.97. The molecule has 2 rings (SSSR count).